The highest BCUT2D eigenvalue weighted by Crippen LogP contribution is 2.11. The Labute approximate surface area is 85.0 Å². The molecule has 0 spiro atoms. The molecule has 76 valence electrons. The molecule has 0 aliphatic rings. The standard InChI is InChI=1S/C9H8N4O2/c1-5-6(9(14)15)4-12-8(13-5)7-10-2-3-11-7/h2-4H,1H3,(H,10,11)(H,14,15). The van der Waals surface area contributed by atoms with Crippen molar-refractivity contribution < 1.29 is 9.90 Å². The molecule has 0 amide bonds. The summed E-state index contributed by atoms with van der Waals surface area (Å²) >= 11 is 0. The van der Waals surface area contributed by atoms with E-state index in [1.165, 1.54) is 6.20 Å². The Morgan fingerprint density at radius 1 is 1.47 bits per heavy atom. The predicted octanol–water partition coefficient (Wildman–Crippen LogP) is 0.873. The second-order valence-electron chi connectivity index (χ2n) is 2.94. The Balaban J connectivity index is 2.47. The lowest BCUT2D eigenvalue weighted by molar-refractivity contribution is 0.0695. The molecular formula is C9H8N4O2. The average molecular weight is 204 g/mol. The maximum atomic E-state index is 10.7. The molecule has 0 fully saturated rings. The topological polar surface area (TPSA) is 91.8 Å². The monoisotopic (exact) mass is 204 g/mol. The number of hydrogen-bond donors (Lipinski definition) is 2. The van der Waals surface area contributed by atoms with Gasteiger partial charge in [-0.05, 0) is 6.92 Å². The van der Waals surface area contributed by atoms with E-state index >= 15 is 0 Å². The zero-order valence-electron chi connectivity index (χ0n) is 7.93. The van der Waals surface area contributed by atoms with E-state index in [9.17, 15) is 4.79 Å². The maximum Gasteiger partial charge on any atom is 0.339 e. The summed E-state index contributed by atoms with van der Waals surface area (Å²) in [6.07, 6.45) is 4.51. The largest absolute Gasteiger partial charge is 0.478 e. The van der Waals surface area contributed by atoms with Gasteiger partial charge in [0.25, 0.3) is 0 Å². The Kier molecular flexibility index (Phi) is 2.17. The quantitative estimate of drug-likeness (QED) is 0.757. The third-order valence-corrected chi connectivity index (χ3v) is 1.92. The fourth-order valence-corrected chi connectivity index (χ4v) is 1.18. The number of hydrogen-bond acceptors (Lipinski definition) is 4. The molecule has 6 nitrogen and oxygen atoms in total. The summed E-state index contributed by atoms with van der Waals surface area (Å²) < 4.78 is 0. The molecule has 0 unspecified atom stereocenters. The fourth-order valence-electron chi connectivity index (χ4n) is 1.18. The molecule has 0 aliphatic heterocycles. The van der Waals surface area contributed by atoms with Crippen molar-refractivity contribution in [1.29, 1.82) is 0 Å². The summed E-state index contributed by atoms with van der Waals surface area (Å²) in [5.74, 6) is -0.115. The van der Waals surface area contributed by atoms with Gasteiger partial charge in [-0.1, -0.05) is 0 Å². The minimum Gasteiger partial charge on any atom is -0.478 e. The van der Waals surface area contributed by atoms with Crippen molar-refractivity contribution in [2.45, 2.75) is 6.92 Å². The molecule has 0 saturated heterocycles. The molecule has 6 heteroatoms. The van der Waals surface area contributed by atoms with Gasteiger partial charge in [0.05, 0.1) is 11.3 Å². The first-order chi connectivity index (χ1) is 7.18. The molecule has 2 heterocycles. The molecule has 15 heavy (non-hydrogen) atoms. The van der Waals surface area contributed by atoms with Crippen LogP contribution in [0.2, 0.25) is 0 Å². The SMILES string of the molecule is Cc1nc(-c2ncc[nH]2)ncc1C(=O)O. The van der Waals surface area contributed by atoms with Crippen molar-refractivity contribution in [2.24, 2.45) is 0 Å². The molecular weight excluding hydrogens is 196 g/mol. The number of carbonyl (C=O) groups is 1. The highest BCUT2D eigenvalue weighted by atomic mass is 16.4. The number of aromatic amines is 1. The molecule has 0 saturated carbocycles. The first-order valence-electron chi connectivity index (χ1n) is 4.25. The minimum absolute atomic E-state index is 0.102. The van der Waals surface area contributed by atoms with E-state index in [1.807, 2.05) is 0 Å². The molecule has 0 radical (unpaired) electrons. The Bertz CT molecular complexity index is 493. The lowest BCUT2D eigenvalue weighted by atomic mass is 10.2. The molecule has 2 N–H and O–H groups in total. The van der Waals surface area contributed by atoms with Gasteiger partial charge in [-0.2, -0.15) is 0 Å². The summed E-state index contributed by atoms with van der Waals surface area (Å²) in [4.78, 5) is 25.5. The van der Waals surface area contributed by atoms with E-state index in [0.717, 1.165) is 0 Å². The van der Waals surface area contributed by atoms with Crippen LogP contribution < -0.4 is 0 Å². The summed E-state index contributed by atoms with van der Waals surface area (Å²) in [6.45, 7) is 1.62. The van der Waals surface area contributed by atoms with Crippen LogP contribution in [0.5, 0.6) is 0 Å². The molecule has 2 aromatic rings. The van der Waals surface area contributed by atoms with E-state index in [2.05, 4.69) is 19.9 Å². The van der Waals surface area contributed by atoms with Crippen LogP contribution in [0.15, 0.2) is 18.6 Å². The first kappa shape index (κ1) is 9.32. The van der Waals surface area contributed by atoms with Gasteiger partial charge in [0.1, 0.15) is 0 Å². The zero-order chi connectivity index (χ0) is 10.8. The first-order valence-corrected chi connectivity index (χ1v) is 4.25. The Hall–Kier alpha value is -2.24. The second kappa shape index (κ2) is 3.49. The highest BCUT2D eigenvalue weighted by molar-refractivity contribution is 5.88. The van der Waals surface area contributed by atoms with E-state index < -0.39 is 5.97 Å². The summed E-state index contributed by atoms with van der Waals surface area (Å²) in [7, 11) is 0. The van der Waals surface area contributed by atoms with Gasteiger partial charge in [-0.15, -0.1) is 0 Å². The van der Waals surface area contributed by atoms with Crippen LogP contribution in [0, 0.1) is 6.92 Å². The highest BCUT2D eigenvalue weighted by Gasteiger charge is 2.11. The number of carboxylic acid groups (broad SMARTS) is 1. The van der Waals surface area contributed by atoms with Gasteiger partial charge in [-0.25, -0.2) is 19.7 Å². The number of nitrogens with zero attached hydrogens (tertiary/aromatic N) is 3. The molecule has 2 aromatic heterocycles. The van der Waals surface area contributed by atoms with E-state index in [4.69, 9.17) is 5.11 Å². The van der Waals surface area contributed by atoms with Gasteiger partial charge in [0.2, 0.25) is 0 Å². The molecule has 0 aromatic carbocycles. The fraction of sp³-hybridized carbons (Fsp3) is 0.111. The lowest BCUT2D eigenvalue weighted by Crippen LogP contribution is -2.04. The third kappa shape index (κ3) is 1.69. The van der Waals surface area contributed by atoms with Crippen LogP contribution in [0.1, 0.15) is 16.1 Å². The molecule has 0 bridgehead atoms. The van der Waals surface area contributed by atoms with Crippen LogP contribution >= 0.6 is 0 Å². The van der Waals surface area contributed by atoms with Crippen molar-refractivity contribution in [3.8, 4) is 11.6 Å². The van der Waals surface area contributed by atoms with Crippen LogP contribution in [-0.2, 0) is 0 Å². The third-order valence-electron chi connectivity index (χ3n) is 1.92. The minimum atomic E-state index is -1.03. The van der Waals surface area contributed by atoms with Crippen molar-refractivity contribution >= 4 is 5.97 Å². The van der Waals surface area contributed by atoms with Gasteiger partial charge in [0, 0.05) is 18.6 Å². The van der Waals surface area contributed by atoms with Crippen LogP contribution in [-0.4, -0.2) is 31.0 Å². The number of nitrogens with one attached hydrogen (secondary N) is 1. The van der Waals surface area contributed by atoms with E-state index in [1.54, 1.807) is 19.3 Å². The summed E-state index contributed by atoms with van der Waals surface area (Å²) in [5.41, 5.74) is 0.522. The number of carboxylic acids is 1. The van der Waals surface area contributed by atoms with Crippen molar-refractivity contribution in [3.63, 3.8) is 0 Å². The van der Waals surface area contributed by atoms with Crippen LogP contribution in [0.3, 0.4) is 0 Å². The molecule has 2 rings (SSSR count). The number of imidazole rings is 1. The van der Waals surface area contributed by atoms with Crippen molar-refractivity contribution in [1.82, 2.24) is 19.9 Å². The number of rotatable bonds is 2. The second-order valence-corrected chi connectivity index (χ2v) is 2.94. The summed E-state index contributed by atoms with van der Waals surface area (Å²) in [5, 5.41) is 8.78. The lowest BCUT2D eigenvalue weighted by Gasteiger charge is -2.00. The smallest absolute Gasteiger partial charge is 0.339 e. The van der Waals surface area contributed by atoms with Crippen LogP contribution in [0.25, 0.3) is 11.6 Å². The number of H-pyrrole nitrogens is 1. The van der Waals surface area contributed by atoms with Crippen molar-refractivity contribution in [3.05, 3.63) is 29.8 Å². The maximum absolute atomic E-state index is 10.7. The Morgan fingerprint density at radius 2 is 2.27 bits per heavy atom. The van der Waals surface area contributed by atoms with Gasteiger partial charge in [-0.3, -0.25) is 0 Å². The molecule has 0 aliphatic carbocycles. The number of aromatic carboxylic acids is 1. The summed E-state index contributed by atoms with van der Waals surface area (Å²) in [6, 6.07) is 0. The van der Waals surface area contributed by atoms with Gasteiger partial charge < -0.3 is 10.1 Å². The van der Waals surface area contributed by atoms with E-state index in [0.29, 0.717) is 17.3 Å². The van der Waals surface area contributed by atoms with Gasteiger partial charge >= 0.3 is 5.97 Å². The predicted molar refractivity (Wildman–Crippen MR) is 51.3 cm³/mol. The average Bonchev–Trinajstić information content (AvgIpc) is 2.69. The normalized spacial score (nSPS) is 10.2. The molecule has 0 atom stereocenters. The van der Waals surface area contributed by atoms with Gasteiger partial charge in [0.15, 0.2) is 11.6 Å². The van der Waals surface area contributed by atoms with Crippen LogP contribution in [0.4, 0.5) is 0 Å². The zero-order valence-corrected chi connectivity index (χ0v) is 7.93. The van der Waals surface area contributed by atoms with E-state index in [-0.39, 0.29) is 5.56 Å². The number of aryl methyl sites for hydroxylation is 1. The van der Waals surface area contributed by atoms with Crippen molar-refractivity contribution in [2.75, 3.05) is 0 Å². The Morgan fingerprint density at radius 3 is 2.80 bits per heavy atom. The number of aromatic nitrogens is 4.